The average molecular weight is 580 g/mol. The Kier molecular flexibility index (Phi) is 7.15. The number of aromatic nitrogens is 2. The SMILES string of the molecule is CSc1ncc(CN2CC(c3cccc4ccccc34)=C(N3CCN(C)CC3)C2=C=O)n1Cc1ccc2c(c1)OCO2. The van der Waals surface area contributed by atoms with E-state index >= 15 is 0 Å². The van der Waals surface area contributed by atoms with Gasteiger partial charge in [0.1, 0.15) is 5.70 Å². The Morgan fingerprint density at radius 3 is 2.60 bits per heavy atom. The summed E-state index contributed by atoms with van der Waals surface area (Å²) in [6, 6.07) is 21.0. The van der Waals surface area contributed by atoms with Crippen molar-refractivity contribution in [2.75, 3.05) is 52.8 Å². The molecule has 1 fully saturated rings. The zero-order valence-corrected chi connectivity index (χ0v) is 24.7. The van der Waals surface area contributed by atoms with Gasteiger partial charge >= 0.3 is 0 Å². The molecule has 214 valence electrons. The third kappa shape index (κ3) is 4.83. The molecule has 0 saturated carbocycles. The minimum absolute atomic E-state index is 0.253. The van der Waals surface area contributed by atoms with Crippen LogP contribution in [0.15, 0.2) is 83.4 Å². The molecule has 4 aromatic rings. The van der Waals surface area contributed by atoms with Gasteiger partial charge in [0, 0.05) is 38.3 Å². The molecule has 1 aromatic heterocycles. The number of piperazine rings is 1. The number of hydrogen-bond acceptors (Lipinski definition) is 8. The Hall–Kier alpha value is -4.17. The molecular weight excluding hydrogens is 546 g/mol. The number of carbonyl (C=O) groups excluding carboxylic acids is 1. The second-order valence-corrected chi connectivity index (χ2v) is 11.7. The van der Waals surface area contributed by atoms with E-state index < -0.39 is 0 Å². The molecular formula is C33H33N5O3S. The quantitative estimate of drug-likeness (QED) is 0.230. The second-order valence-electron chi connectivity index (χ2n) is 11.0. The van der Waals surface area contributed by atoms with Gasteiger partial charge in [0.25, 0.3) is 0 Å². The van der Waals surface area contributed by atoms with E-state index in [1.165, 1.54) is 21.9 Å². The van der Waals surface area contributed by atoms with Crippen LogP contribution >= 0.6 is 11.8 Å². The molecule has 8 nitrogen and oxygen atoms in total. The zero-order valence-electron chi connectivity index (χ0n) is 23.9. The molecule has 1 saturated heterocycles. The zero-order chi connectivity index (χ0) is 28.6. The molecule has 0 N–H and O–H groups in total. The Morgan fingerprint density at radius 2 is 1.76 bits per heavy atom. The van der Waals surface area contributed by atoms with Gasteiger partial charge in [0.2, 0.25) is 6.79 Å². The van der Waals surface area contributed by atoms with Gasteiger partial charge in [0.05, 0.1) is 30.7 Å². The predicted molar refractivity (Wildman–Crippen MR) is 165 cm³/mol. The van der Waals surface area contributed by atoms with Crippen LogP contribution in [0.1, 0.15) is 16.8 Å². The smallest absolute Gasteiger partial charge is 0.231 e. The summed E-state index contributed by atoms with van der Waals surface area (Å²) >= 11 is 1.62. The van der Waals surface area contributed by atoms with Crippen LogP contribution in [0.25, 0.3) is 16.3 Å². The van der Waals surface area contributed by atoms with E-state index in [0.717, 1.165) is 59.8 Å². The molecule has 0 unspecified atom stereocenters. The van der Waals surface area contributed by atoms with Crippen molar-refractivity contribution in [1.82, 2.24) is 24.3 Å². The van der Waals surface area contributed by atoms with Crippen molar-refractivity contribution in [3.8, 4) is 11.5 Å². The lowest BCUT2D eigenvalue weighted by atomic mass is 9.97. The van der Waals surface area contributed by atoms with Crippen LogP contribution < -0.4 is 9.47 Å². The van der Waals surface area contributed by atoms with Crippen LogP contribution in [0.3, 0.4) is 0 Å². The summed E-state index contributed by atoms with van der Waals surface area (Å²) in [5.74, 6) is 3.92. The molecule has 0 bridgehead atoms. The highest BCUT2D eigenvalue weighted by molar-refractivity contribution is 7.98. The third-order valence-electron chi connectivity index (χ3n) is 8.42. The van der Waals surface area contributed by atoms with Crippen molar-refractivity contribution in [2.45, 2.75) is 18.2 Å². The maximum atomic E-state index is 12.8. The van der Waals surface area contributed by atoms with Gasteiger partial charge in [0.15, 0.2) is 22.6 Å². The summed E-state index contributed by atoms with van der Waals surface area (Å²) in [7, 11) is 2.15. The Labute approximate surface area is 249 Å². The number of ether oxygens (including phenoxy) is 2. The van der Waals surface area contributed by atoms with Crippen LogP contribution in [-0.2, 0) is 17.9 Å². The van der Waals surface area contributed by atoms with Crippen molar-refractivity contribution in [3.05, 3.63) is 95.1 Å². The molecule has 7 rings (SSSR count). The maximum absolute atomic E-state index is 12.8. The van der Waals surface area contributed by atoms with Gasteiger partial charge < -0.3 is 28.7 Å². The van der Waals surface area contributed by atoms with E-state index in [1.54, 1.807) is 11.8 Å². The number of nitrogens with zero attached hydrogens (tertiary/aromatic N) is 5. The van der Waals surface area contributed by atoms with E-state index in [9.17, 15) is 4.79 Å². The number of benzene rings is 3. The molecule has 9 heteroatoms. The molecule has 3 aliphatic heterocycles. The Balaban J connectivity index is 1.25. The number of imidazole rings is 1. The van der Waals surface area contributed by atoms with Gasteiger partial charge in [-0.1, -0.05) is 60.3 Å². The molecule has 0 spiro atoms. The molecule has 0 amide bonds. The molecule has 0 aliphatic carbocycles. The monoisotopic (exact) mass is 579 g/mol. The number of rotatable bonds is 7. The summed E-state index contributed by atoms with van der Waals surface area (Å²) < 4.78 is 13.4. The maximum Gasteiger partial charge on any atom is 0.231 e. The molecule has 0 atom stereocenters. The van der Waals surface area contributed by atoms with Crippen LogP contribution in [0, 0.1) is 0 Å². The third-order valence-corrected chi connectivity index (χ3v) is 9.11. The van der Waals surface area contributed by atoms with Gasteiger partial charge in [-0.15, -0.1) is 0 Å². The fraction of sp³-hybridized carbons (Fsp3) is 0.303. The first-order valence-electron chi connectivity index (χ1n) is 14.2. The standard InChI is InChI=1S/C33H33N5O3S/c1-35-12-14-36(15-13-35)32-28(27-9-5-7-24-6-3-4-8-26(24)27)20-37(29(32)21-39)19-25-17-34-33(42-2)38(25)18-23-10-11-30-31(16-23)41-22-40-30/h3-11,16-17H,12-15,18-20,22H2,1-2H3. The average Bonchev–Trinajstić information content (AvgIpc) is 3.74. The van der Waals surface area contributed by atoms with Gasteiger partial charge in [-0.05, 0) is 47.3 Å². The van der Waals surface area contributed by atoms with Crippen molar-refractivity contribution in [2.24, 2.45) is 0 Å². The first-order chi connectivity index (χ1) is 20.6. The topological polar surface area (TPSA) is 63.1 Å². The fourth-order valence-electron chi connectivity index (χ4n) is 6.22. The number of likely N-dealkylation sites (N-methyl/N-ethyl adjacent to an activating group) is 1. The van der Waals surface area contributed by atoms with Crippen molar-refractivity contribution < 1.29 is 14.3 Å². The summed E-state index contributed by atoms with van der Waals surface area (Å²) in [6.07, 6.45) is 3.98. The van der Waals surface area contributed by atoms with E-state index in [2.05, 4.69) is 80.8 Å². The Morgan fingerprint density at radius 1 is 0.952 bits per heavy atom. The second kappa shape index (κ2) is 11.2. The number of fused-ring (bicyclic) bond motifs is 2. The summed E-state index contributed by atoms with van der Waals surface area (Å²) in [4.78, 5) is 24.4. The highest BCUT2D eigenvalue weighted by Gasteiger charge is 2.35. The molecule has 3 aromatic carbocycles. The summed E-state index contributed by atoms with van der Waals surface area (Å²) in [6.45, 7) is 5.73. The molecule has 4 heterocycles. The summed E-state index contributed by atoms with van der Waals surface area (Å²) in [5.41, 5.74) is 6.15. The van der Waals surface area contributed by atoms with Gasteiger partial charge in [-0.3, -0.25) is 0 Å². The van der Waals surface area contributed by atoms with Crippen LogP contribution in [0.2, 0.25) is 0 Å². The normalized spacial score (nSPS) is 17.0. The number of hydrogen-bond donors (Lipinski definition) is 0. The first-order valence-corrected chi connectivity index (χ1v) is 15.5. The first kappa shape index (κ1) is 26.7. The minimum Gasteiger partial charge on any atom is -0.454 e. The fourth-order valence-corrected chi connectivity index (χ4v) is 6.79. The molecule has 3 aliphatic rings. The van der Waals surface area contributed by atoms with E-state index in [0.29, 0.717) is 25.3 Å². The summed E-state index contributed by atoms with van der Waals surface area (Å²) in [5, 5.41) is 3.33. The minimum atomic E-state index is 0.253. The van der Waals surface area contributed by atoms with Gasteiger partial charge in [-0.2, -0.15) is 0 Å². The van der Waals surface area contributed by atoms with E-state index in [1.807, 2.05) is 24.6 Å². The van der Waals surface area contributed by atoms with Crippen LogP contribution in [-0.4, -0.2) is 83.0 Å². The van der Waals surface area contributed by atoms with Crippen molar-refractivity contribution in [3.63, 3.8) is 0 Å². The lowest BCUT2D eigenvalue weighted by Gasteiger charge is -2.35. The van der Waals surface area contributed by atoms with Crippen molar-refractivity contribution >= 4 is 34.0 Å². The van der Waals surface area contributed by atoms with Gasteiger partial charge in [-0.25, -0.2) is 9.78 Å². The van der Waals surface area contributed by atoms with E-state index in [-0.39, 0.29) is 6.79 Å². The lowest BCUT2D eigenvalue weighted by molar-refractivity contribution is 0.174. The lowest BCUT2D eigenvalue weighted by Crippen LogP contribution is -2.44. The molecule has 0 radical (unpaired) electrons. The predicted octanol–water partition coefficient (Wildman–Crippen LogP) is 4.73. The number of thioether (sulfide) groups is 1. The van der Waals surface area contributed by atoms with Crippen LogP contribution in [0.4, 0.5) is 0 Å². The highest BCUT2D eigenvalue weighted by atomic mass is 32.2. The highest BCUT2D eigenvalue weighted by Crippen LogP contribution is 2.39. The van der Waals surface area contributed by atoms with E-state index in [4.69, 9.17) is 14.5 Å². The molecule has 42 heavy (non-hydrogen) atoms. The van der Waals surface area contributed by atoms with Crippen molar-refractivity contribution in [1.29, 1.82) is 0 Å². The van der Waals surface area contributed by atoms with Crippen LogP contribution in [0.5, 0.6) is 11.5 Å². The largest absolute Gasteiger partial charge is 0.454 e. The Bertz CT molecular complexity index is 1730.